The first-order valence-electron chi connectivity index (χ1n) is 8.36. The zero-order chi connectivity index (χ0) is 17.9. The Kier molecular flexibility index (Phi) is 5.32. The summed E-state index contributed by atoms with van der Waals surface area (Å²) in [4.78, 5) is 4.14. The van der Waals surface area contributed by atoms with Crippen molar-refractivity contribution >= 4 is 34.0 Å². The van der Waals surface area contributed by atoms with Crippen LogP contribution in [0.1, 0.15) is 31.7 Å². The number of unbranched alkanes of at least 4 members (excludes halogenated alkanes) is 1. The third-order valence-corrected chi connectivity index (χ3v) is 5.32. The Hall–Kier alpha value is -2.02. The number of benzene rings is 2. The van der Waals surface area contributed by atoms with Crippen LogP contribution in [0.15, 0.2) is 49.1 Å². The molecule has 0 spiro atoms. The molecule has 5 heteroatoms. The van der Waals surface area contributed by atoms with E-state index in [1.165, 1.54) is 0 Å². The molecule has 0 bridgehead atoms. The maximum Gasteiger partial charge on any atom is 0.136 e. The first-order chi connectivity index (χ1) is 12.1. The molecule has 3 rings (SSSR count). The highest BCUT2D eigenvalue weighted by atomic mass is 35.5. The Morgan fingerprint density at radius 3 is 2.60 bits per heavy atom. The minimum Gasteiger partial charge on any atom is -0.318 e. The van der Waals surface area contributed by atoms with Crippen LogP contribution in [-0.2, 0) is 12.0 Å². The van der Waals surface area contributed by atoms with Gasteiger partial charge in [-0.2, -0.15) is 5.26 Å². The number of hydrogen-bond donors (Lipinski definition) is 0. The molecule has 128 valence electrons. The lowest BCUT2D eigenvalue weighted by atomic mass is 9.85. The number of halogens is 2. The molecule has 0 aliphatic rings. The average Bonchev–Trinajstić information content (AvgIpc) is 3.17. The Labute approximate surface area is 157 Å². The van der Waals surface area contributed by atoms with Crippen molar-refractivity contribution in [1.29, 1.82) is 5.26 Å². The molecule has 1 aromatic heterocycles. The number of hydrogen-bond acceptors (Lipinski definition) is 2. The van der Waals surface area contributed by atoms with Gasteiger partial charge in [0, 0.05) is 34.2 Å². The third kappa shape index (κ3) is 3.38. The van der Waals surface area contributed by atoms with E-state index < -0.39 is 5.54 Å². The second-order valence-corrected chi connectivity index (χ2v) is 7.07. The molecule has 3 aromatic rings. The van der Waals surface area contributed by atoms with Crippen molar-refractivity contribution in [3.8, 4) is 6.07 Å². The second-order valence-electron chi connectivity index (χ2n) is 6.26. The molecule has 0 amide bonds. The Morgan fingerprint density at radius 2 is 1.96 bits per heavy atom. The molecule has 0 radical (unpaired) electrons. The Bertz CT molecular complexity index is 913. The van der Waals surface area contributed by atoms with Crippen LogP contribution in [0.2, 0.25) is 10.0 Å². The normalized spacial score (nSPS) is 13.5. The van der Waals surface area contributed by atoms with Gasteiger partial charge in [-0.25, -0.2) is 4.98 Å². The number of aromatic nitrogens is 2. The molecule has 0 aliphatic carbocycles. The molecule has 1 heterocycles. The maximum absolute atomic E-state index is 10.1. The summed E-state index contributed by atoms with van der Waals surface area (Å²) in [6, 6.07) is 12.2. The van der Waals surface area contributed by atoms with E-state index in [1.54, 1.807) is 18.6 Å². The lowest BCUT2D eigenvalue weighted by molar-refractivity contribution is 0.340. The van der Waals surface area contributed by atoms with Crippen molar-refractivity contribution in [2.75, 3.05) is 0 Å². The van der Waals surface area contributed by atoms with Crippen LogP contribution < -0.4 is 0 Å². The standard InChI is InChI=1S/C20H19Cl2N3/c1-2-3-8-20(13-23,25-10-9-24-14-25)12-17-15-6-4-5-7-16(15)18(21)11-19(17)22/h4-7,9-11,14H,2-3,8,12H2,1H3. The van der Waals surface area contributed by atoms with E-state index in [-0.39, 0.29) is 0 Å². The largest absolute Gasteiger partial charge is 0.318 e. The summed E-state index contributed by atoms with van der Waals surface area (Å²) in [7, 11) is 0. The quantitative estimate of drug-likeness (QED) is 0.533. The van der Waals surface area contributed by atoms with Crippen LogP contribution in [0.25, 0.3) is 10.8 Å². The van der Waals surface area contributed by atoms with E-state index in [9.17, 15) is 5.26 Å². The maximum atomic E-state index is 10.1. The van der Waals surface area contributed by atoms with Crippen molar-refractivity contribution in [2.45, 2.75) is 38.1 Å². The van der Waals surface area contributed by atoms with E-state index >= 15 is 0 Å². The summed E-state index contributed by atoms with van der Waals surface area (Å²) in [6.45, 7) is 2.13. The smallest absolute Gasteiger partial charge is 0.136 e. The molecule has 25 heavy (non-hydrogen) atoms. The summed E-state index contributed by atoms with van der Waals surface area (Å²) < 4.78 is 1.91. The van der Waals surface area contributed by atoms with Gasteiger partial charge in [-0.05, 0) is 23.4 Å². The number of imidazole rings is 1. The third-order valence-electron chi connectivity index (χ3n) is 4.67. The first kappa shape index (κ1) is 17.8. The van der Waals surface area contributed by atoms with Crippen LogP contribution in [0.3, 0.4) is 0 Å². The predicted molar refractivity (Wildman–Crippen MR) is 103 cm³/mol. The number of fused-ring (bicyclic) bond motifs is 1. The van der Waals surface area contributed by atoms with Gasteiger partial charge in [-0.1, -0.05) is 67.2 Å². The van der Waals surface area contributed by atoms with Gasteiger partial charge >= 0.3 is 0 Å². The molecular formula is C20H19Cl2N3. The van der Waals surface area contributed by atoms with Gasteiger partial charge in [-0.3, -0.25) is 0 Å². The number of rotatable bonds is 6. The van der Waals surface area contributed by atoms with Gasteiger partial charge in [0.25, 0.3) is 0 Å². The average molecular weight is 372 g/mol. The minimum absolute atomic E-state index is 0.510. The van der Waals surface area contributed by atoms with E-state index in [4.69, 9.17) is 23.2 Å². The van der Waals surface area contributed by atoms with Crippen LogP contribution >= 0.6 is 23.2 Å². The van der Waals surface area contributed by atoms with Gasteiger partial charge in [0.1, 0.15) is 5.54 Å². The van der Waals surface area contributed by atoms with E-state index in [0.717, 1.165) is 35.6 Å². The zero-order valence-corrected chi connectivity index (χ0v) is 15.6. The summed E-state index contributed by atoms with van der Waals surface area (Å²) in [5.41, 5.74) is 0.236. The lowest BCUT2D eigenvalue weighted by Crippen LogP contribution is -2.34. The summed E-state index contributed by atoms with van der Waals surface area (Å²) in [6.07, 6.45) is 8.50. The van der Waals surface area contributed by atoms with Crippen LogP contribution in [0.4, 0.5) is 0 Å². The molecule has 1 unspecified atom stereocenters. The molecular weight excluding hydrogens is 353 g/mol. The van der Waals surface area contributed by atoms with Crippen LogP contribution in [0, 0.1) is 11.3 Å². The molecule has 1 atom stereocenters. The van der Waals surface area contributed by atoms with Gasteiger partial charge in [0.15, 0.2) is 0 Å². The number of nitriles is 1. The molecule has 0 saturated heterocycles. The fourth-order valence-corrected chi connectivity index (χ4v) is 3.88. The topological polar surface area (TPSA) is 41.6 Å². The second kappa shape index (κ2) is 7.47. The zero-order valence-electron chi connectivity index (χ0n) is 14.0. The van der Waals surface area contributed by atoms with Crippen LogP contribution in [-0.4, -0.2) is 9.55 Å². The van der Waals surface area contributed by atoms with Gasteiger partial charge < -0.3 is 4.57 Å². The monoisotopic (exact) mass is 371 g/mol. The van der Waals surface area contributed by atoms with Gasteiger partial charge in [0.05, 0.1) is 12.4 Å². The van der Waals surface area contributed by atoms with Crippen molar-refractivity contribution < 1.29 is 0 Å². The van der Waals surface area contributed by atoms with E-state index in [0.29, 0.717) is 16.5 Å². The highest BCUT2D eigenvalue weighted by molar-refractivity contribution is 6.39. The fourth-order valence-electron chi connectivity index (χ4n) is 3.27. The van der Waals surface area contributed by atoms with Crippen LogP contribution in [0.5, 0.6) is 0 Å². The Morgan fingerprint density at radius 1 is 1.20 bits per heavy atom. The molecule has 2 aromatic carbocycles. The van der Waals surface area contributed by atoms with Crippen molar-refractivity contribution in [2.24, 2.45) is 0 Å². The molecule has 0 saturated carbocycles. The summed E-state index contributed by atoms with van der Waals surface area (Å²) in [5, 5.41) is 13.3. The molecule has 0 N–H and O–H groups in total. The van der Waals surface area contributed by atoms with Gasteiger partial charge in [-0.15, -0.1) is 0 Å². The number of nitrogens with zero attached hydrogens (tertiary/aromatic N) is 3. The molecule has 3 nitrogen and oxygen atoms in total. The SMILES string of the molecule is CCCCC(C#N)(Cc1c(Cl)cc(Cl)c2ccccc12)n1ccnc1. The minimum atomic E-state index is -0.716. The van der Waals surface area contributed by atoms with E-state index in [2.05, 4.69) is 18.0 Å². The van der Waals surface area contributed by atoms with Gasteiger partial charge in [0.2, 0.25) is 0 Å². The highest BCUT2D eigenvalue weighted by Crippen LogP contribution is 2.37. The predicted octanol–water partition coefficient (Wildman–Crippen LogP) is 5.99. The van der Waals surface area contributed by atoms with Crippen molar-refractivity contribution in [3.63, 3.8) is 0 Å². The Balaban J connectivity index is 2.15. The molecule has 0 aliphatic heterocycles. The lowest BCUT2D eigenvalue weighted by Gasteiger charge is -2.29. The first-order valence-corrected chi connectivity index (χ1v) is 9.12. The summed E-state index contributed by atoms with van der Waals surface area (Å²) >= 11 is 12.9. The van der Waals surface area contributed by atoms with Crippen molar-refractivity contribution in [3.05, 3.63) is 64.7 Å². The molecule has 0 fully saturated rings. The van der Waals surface area contributed by atoms with E-state index in [1.807, 2.05) is 35.0 Å². The summed E-state index contributed by atoms with van der Waals surface area (Å²) in [5.74, 6) is 0. The fraction of sp³-hybridized carbons (Fsp3) is 0.300. The highest BCUT2D eigenvalue weighted by Gasteiger charge is 2.33. The van der Waals surface area contributed by atoms with Crippen molar-refractivity contribution in [1.82, 2.24) is 9.55 Å².